The Morgan fingerprint density at radius 2 is 1.91 bits per heavy atom. The van der Waals surface area contributed by atoms with Gasteiger partial charge in [0.1, 0.15) is 22.9 Å². The normalized spacial score (nSPS) is 22.2. The molecular weight excluding hydrogens is 563 g/mol. The molecule has 1 saturated heterocycles. The van der Waals surface area contributed by atoms with Gasteiger partial charge < -0.3 is 28.6 Å². The first-order chi connectivity index (χ1) is 20.7. The minimum atomic E-state index is -4.83. The van der Waals surface area contributed by atoms with Crippen molar-refractivity contribution in [3.05, 3.63) is 65.5 Å². The van der Waals surface area contributed by atoms with Crippen molar-refractivity contribution in [2.45, 2.75) is 69.6 Å². The van der Waals surface area contributed by atoms with Crippen LogP contribution in [0.1, 0.15) is 66.3 Å². The molecule has 11 heteroatoms. The highest BCUT2D eigenvalue weighted by Crippen LogP contribution is 2.46. The number of para-hydroxylation sites is 1. The lowest BCUT2D eigenvalue weighted by atomic mass is 9.76. The van der Waals surface area contributed by atoms with Gasteiger partial charge in [0.15, 0.2) is 0 Å². The topological polar surface area (TPSA) is 90.0 Å². The molecule has 3 heterocycles. The maximum Gasteiger partial charge on any atom is 0.573 e. The maximum absolute atomic E-state index is 13.1. The van der Waals surface area contributed by atoms with E-state index in [-0.39, 0.29) is 35.6 Å². The lowest BCUT2D eigenvalue weighted by Crippen LogP contribution is -2.46. The third kappa shape index (κ3) is 5.35. The van der Waals surface area contributed by atoms with Crippen LogP contribution in [-0.2, 0) is 18.4 Å². The largest absolute Gasteiger partial charge is 0.573 e. The monoisotopic (exact) mass is 595 g/mol. The van der Waals surface area contributed by atoms with Gasteiger partial charge >= 0.3 is 12.3 Å². The number of fused-ring (bicyclic) bond motifs is 2. The number of alkyl halides is 3. The van der Waals surface area contributed by atoms with Gasteiger partial charge in [0, 0.05) is 47.8 Å². The Kier molecular flexibility index (Phi) is 6.87. The zero-order valence-electron chi connectivity index (χ0n) is 23.6. The molecule has 3 aliphatic rings. The van der Waals surface area contributed by atoms with Gasteiger partial charge in [0.25, 0.3) is 0 Å². The van der Waals surface area contributed by atoms with Crippen molar-refractivity contribution in [3.8, 4) is 17.0 Å². The molecule has 3 unspecified atom stereocenters. The molecule has 226 valence electrons. The second-order valence-electron chi connectivity index (χ2n) is 11.9. The Morgan fingerprint density at radius 3 is 2.63 bits per heavy atom. The number of aromatic carboxylic acids is 1. The Bertz CT molecular complexity index is 1670. The molecule has 3 atom stereocenters. The van der Waals surface area contributed by atoms with E-state index in [0.29, 0.717) is 29.0 Å². The molecule has 0 radical (unpaired) electrons. The highest BCUT2D eigenvalue weighted by atomic mass is 19.4. The molecule has 1 N–H and O–H groups in total. The van der Waals surface area contributed by atoms with Crippen molar-refractivity contribution in [3.63, 3.8) is 0 Å². The molecule has 43 heavy (non-hydrogen) atoms. The predicted molar refractivity (Wildman–Crippen MR) is 152 cm³/mol. The molecule has 4 aromatic rings. The fourth-order valence-corrected chi connectivity index (χ4v) is 6.73. The SMILES string of the molecule is Cn1c(C(=O)O)cc2ccc(N3CCC(OCc4c(-c5ccccc5OC(F)(F)F)noc4C4CC4)CC4CCC43)cc21. The molecule has 0 amide bonds. The Morgan fingerprint density at radius 1 is 1.09 bits per heavy atom. The molecule has 2 saturated carbocycles. The molecule has 2 aliphatic carbocycles. The summed E-state index contributed by atoms with van der Waals surface area (Å²) >= 11 is 0. The first-order valence-electron chi connectivity index (χ1n) is 14.7. The number of anilines is 1. The molecule has 8 nitrogen and oxygen atoms in total. The van der Waals surface area contributed by atoms with Crippen molar-refractivity contribution < 1.29 is 37.1 Å². The van der Waals surface area contributed by atoms with Gasteiger partial charge in [-0.15, -0.1) is 13.2 Å². The summed E-state index contributed by atoms with van der Waals surface area (Å²) in [7, 11) is 1.77. The van der Waals surface area contributed by atoms with E-state index >= 15 is 0 Å². The van der Waals surface area contributed by atoms with Crippen LogP contribution in [0.5, 0.6) is 5.75 Å². The quantitative estimate of drug-likeness (QED) is 0.229. The second-order valence-corrected chi connectivity index (χ2v) is 11.9. The number of hydrogen-bond acceptors (Lipinski definition) is 6. The average Bonchev–Trinajstić information content (AvgIpc) is 3.65. The van der Waals surface area contributed by atoms with Gasteiger partial charge in [-0.1, -0.05) is 23.4 Å². The van der Waals surface area contributed by atoms with E-state index in [1.54, 1.807) is 29.8 Å². The molecular formula is C32H32F3N3O5. The van der Waals surface area contributed by atoms with Gasteiger partial charge in [0.2, 0.25) is 0 Å². The molecule has 3 fully saturated rings. The first-order valence-corrected chi connectivity index (χ1v) is 14.7. The zero-order chi connectivity index (χ0) is 29.9. The Hall–Kier alpha value is -3.99. The molecule has 0 spiro atoms. The highest BCUT2D eigenvalue weighted by molar-refractivity contribution is 5.95. The van der Waals surface area contributed by atoms with Crippen molar-refractivity contribution in [2.24, 2.45) is 13.0 Å². The van der Waals surface area contributed by atoms with Crippen LogP contribution < -0.4 is 9.64 Å². The van der Waals surface area contributed by atoms with Crippen molar-refractivity contribution in [2.75, 3.05) is 11.4 Å². The van der Waals surface area contributed by atoms with Crippen molar-refractivity contribution in [1.82, 2.24) is 9.72 Å². The third-order valence-corrected chi connectivity index (χ3v) is 9.21. The van der Waals surface area contributed by atoms with Gasteiger partial charge in [-0.2, -0.15) is 0 Å². The van der Waals surface area contributed by atoms with Gasteiger partial charge in [-0.25, -0.2) is 4.79 Å². The van der Waals surface area contributed by atoms with E-state index in [4.69, 9.17) is 9.26 Å². The minimum Gasteiger partial charge on any atom is -0.477 e. The number of rotatable bonds is 8. The van der Waals surface area contributed by atoms with Gasteiger partial charge in [-0.05, 0) is 74.8 Å². The van der Waals surface area contributed by atoms with E-state index in [9.17, 15) is 23.1 Å². The van der Waals surface area contributed by atoms with Gasteiger partial charge in [0.05, 0.1) is 18.2 Å². The number of benzene rings is 2. The van der Waals surface area contributed by atoms with Gasteiger partial charge in [-0.3, -0.25) is 0 Å². The summed E-state index contributed by atoms with van der Waals surface area (Å²) in [5.74, 6) is 0.0682. The number of nitrogens with zero attached hydrogens (tertiary/aromatic N) is 3. The van der Waals surface area contributed by atoms with Crippen LogP contribution in [0.15, 0.2) is 53.1 Å². The summed E-state index contributed by atoms with van der Waals surface area (Å²) in [6.07, 6.45) is 0.894. The van der Waals surface area contributed by atoms with Crippen LogP contribution in [0.25, 0.3) is 22.2 Å². The lowest BCUT2D eigenvalue weighted by Gasteiger charge is -2.44. The van der Waals surface area contributed by atoms with Crippen LogP contribution in [0.4, 0.5) is 18.9 Å². The van der Waals surface area contributed by atoms with E-state index < -0.39 is 12.3 Å². The van der Waals surface area contributed by atoms with Crippen LogP contribution >= 0.6 is 0 Å². The number of carboxylic acid groups (broad SMARTS) is 1. The third-order valence-electron chi connectivity index (χ3n) is 9.21. The number of carbonyl (C=O) groups is 1. The zero-order valence-corrected chi connectivity index (χ0v) is 23.6. The average molecular weight is 596 g/mol. The first kappa shape index (κ1) is 27.8. The van der Waals surface area contributed by atoms with Crippen LogP contribution in [0.3, 0.4) is 0 Å². The molecule has 0 bridgehead atoms. The predicted octanol–water partition coefficient (Wildman–Crippen LogP) is 7.27. The van der Waals surface area contributed by atoms with E-state index in [1.165, 1.54) is 12.1 Å². The summed E-state index contributed by atoms with van der Waals surface area (Å²) in [6.45, 7) is 0.974. The molecule has 1 aliphatic heterocycles. The summed E-state index contributed by atoms with van der Waals surface area (Å²) in [6, 6.07) is 14.2. The Balaban J connectivity index is 1.11. The number of aryl methyl sites for hydroxylation is 1. The lowest BCUT2D eigenvalue weighted by molar-refractivity contribution is -0.274. The fourth-order valence-electron chi connectivity index (χ4n) is 6.73. The molecule has 7 rings (SSSR count). The highest BCUT2D eigenvalue weighted by Gasteiger charge is 2.41. The number of aromatic nitrogens is 2. The summed E-state index contributed by atoms with van der Waals surface area (Å²) in [5.41, 5.74) is 3.45. The van der Waals surface area contributed by atoms with E-state index in [0.717, 1.165) is 61.7 Å². The van der Waals surface area contributed by atoms with Crippen LogP contribution in [0.2, 0.25) is 0 Å². The number of hydrogen-bond donors (Lipinski definition) is 1. The number of carboxylic acids is 1. The van der Waals surface area contributed by atoms with E-state index in [1.807, 2.05) is 6.07 Å². The second kappa shape index (κ2) is 10.6. The maximum atomic E-state index is 13.1. The molecule has 2 aromatic carbocycles. The summed E-state index contributed by atoms with van der Waals surface area (Å²) in [4.78, 5) is 14.1. The smallest absolute Gasteiger partial charge is 0.477 e. The number of halogens is 3. The molecule has 2 aromatic heterocycles. The summed E-state index contributed by atoms with van der Waals surface area (Å²) in [5, 5.41) is 14.6. The van der Waals surface area contributed by atoms with E-state index in [2.05, 4.69) is 26.9 Å². The fraction of sp³-hybridized carbons (Fsp3) is 0.438. The standard InChI is InChI=1S/C32H32F3N3O5/c1-37-26-16-21(10-8-20(26)15-27(37)31(39)40)38-13-12-22(14-19-9-11-25(19)38)41-17-24-29(36-43-30(24)18-6-7-18)23-4-2-3-5-28(23)42-32(33,34)35/h2-5,8,10,15-16,18-19,22,25H,6-7,9,11-14,17H2,1H3,(H,39,40). The Labute approximate surface area is 246 Å². The van der Waals surface area contributed by atoms with Crippen molar-refractivity contribution >= 4 is 22.6 Å². The van der Waals surface area contributed by atoms with Crippen molar-refractivity contribution in [1.29, 1.82) is 0 Å². The van der Waals surface area contributed by atoms with Crippen LogP contribution in [-0.4, -0.2) is 45.9 Å². The number of ether oxygens (including phenoxy) is 2. The minimum absolute atomic E-state index is 0.0355. The van der Waals surface area contributed by atoms with Crippen LogP contribution in [0, 0.1) is 5.92 Å². The summed E-state index contributed by atoms with van der Waals surface area (Å²) < 4.78 is 57.7.